The quantitative estimate of drug-likeness (QED) is 0.675. The normalized spacial score (nSPS) is 14.0. The van der Waals surface area contributed by atoms with Crippen molar-refractivity contribution in [1.82, 2.24) is 5.32 Å². The summed E-state index contributed by atoms with van der Waals surface area (Å²) in [4.78, 5) is 12.0. The SMILES string of the molecule is O=C(CNc1ccccc1OC1CCCC1)NCCOc1ccccc1. The molecule has 138 valence electrons. The average Bonchev–Trinajstić information content (AvgIpc) is 3.18. The molecule has 0 bridgehead atoms. The van der Waals surface area contributed by atoms with Gasteiger partial charge in [0.05, 0.1) is 24.9 Å². The summed E-state index contributed by atoms with van der Waals surface area (Å²) in [5.41, 5.74) is 0.857. The smallest absolute Gasteiger partial charge is 0.239 e. The number of ether oxygens (including phenoxy) is 2. The Kier molecular flexibility index (Phi) is 6.76. The molecule has 0 unspecified atom stereocenters. The Bertz CT molecular complexity index is 685. The Morgan fingerprint density at radius 3 is 2.54 bits per heavy atom. The molecule has 0 aliphatic heterocycles. The highest BCUT2D eigenvalue weighted by Crippen LogP contribution is 2.29. The van der Waals surface area contributed by atoms with Crippen molar-refractivity contribution in [2.45, 2.75) is 31.8 Å². The zero-order valence-electron chi connectivity index (χ0n) is 14.9. The van der Waals surface area contributed by atoms with Gasteiger partial charge < -0.3 is 20.1 Å². The third kappa shape index (κ3) is 5.69. The molecular formula is C21H26N2O3. The van der Waals surface area contributed by atoms with E-state index in [1.165, 1.54) is 12.8 Å². The first-order valence-electron chi connectivity index (χ1n) is 9.25. The van der Waals surface area contributed by atoms with Gasteiger partial charge in [-0.2, -0.15) is 0 Å². The van der Waals surface area contributed by atoms with Gasteiger partial charge in [-0.25, -0.2) is 0 Å². The van der Waals surface area contributed by atoms with Crippen LogP contribution in [-0.2, 0) is 4.79 Å². The highest BCUT2D eigenvalue weighted by molar-refractivity contribution is 5.81. The Balaban J connectivity index is 1.38. The molecule has 0 radical (unpaired) electrons. The largest absolute Gasteiger partial charge is 0.492 e. The fraction of sp³-hybridized carbons (Fsp3) is 0.381. The van der Waals surface area contributed by atoms with Crippen LogP contribution in [0.5, 0.6) is 11.5 Å². The van der Waals surface area contributed by atoms with E-state index in [0.29, 0.717) is 19.3 Å². The molecule has 2 aromatic rings. The van der Waals surface area contributed by atoms with Crippen molar-refractivity contribution in [2.24, 2.45) is 0 Å². The molecule has 0 spiro atoms. The first kappa shape index (κ1) is 18.1. The van der Waals surface area contributed by atoms with Crippen molar-refractivity contribution in [3.8, 4) is 11.5 Å². The number of hydrogen-bond acceptors (Lipinski definition) is 4. The Hall–Kier alpha value is -2.69. The van der Waals surface area contributed by atoms with Crippen LogP contribution in [0.1, 0.15) is 25.7 Å². The Morgan fingerprint density at radius 2 is 1.73 bits per heavy atom. The maximum Gasteiger partial charge on any atom is 0.239 e. The summed E-state index contributed by atoms with van der Waals surface area (Å²) in [6, 6.07) is 17.4. The van der Waals surface area contributed by atoms with Crippen LogP contribution in [-0.4, -0.2) is 31.7 Å². The van der Waals surface area contributed by atoms with E-state index in [4.69, 9.17) is 9.47 Å². The van der Waals surface area contributed by atoms with Crippen molar-refractivity contribution >= 4 is 11.6 Å². The van der Waals surface area contributed by atoms with Gasteiger partial charge in [-0.1, -0.05) is 30.3 Å². The van der Waals surface area contributed by atoms with Gasteiger partial charge in [-0.05, 0) is 49.9 Å². The number of anilines is 1. The third-order valence-electron chi connectivity index (χ3n) is 4.36. The van der Waals surface area contributed by atoms with Crippen molar-refractivity contribution in [1.29, 1.82) is 0 Å². The topological polar surface area (TPSA) is 59.6 Å². The number of benzene rings is 2. The summed E-state index contributed by atoms with van der Waals surface area (Å²) >= 11 is 0. The van der Waals surface area contributed by atoms with E-state index in [-0.39, 0.29) is 12.5 Å². The molecule has 0 saturated heterocycles. The molecule has 2 N–H and O–H groups in total. The average molecular weight is 354 g/mol. The molecule has 2 aromatic carbocycles. The number of amides is 1. The van der Waals surface area contributed by atoms with Crippen molar-refractivity contribution in [3.05, 3.63) is 54.6 Å². The lowest BCUT2D eigenvalue weighted by atomic mass is 10.2. The van der Waals surface area contributed by atoms with Crippen LogP contribution in [0.3, 0.4) is 0 Å². The fourth-order valence-corrected chi connectivity index (χ4v) is 3.02. The number of hydrogen-bond donors (Lipinski definition) is 2. The molecule has 3 rings (SSSR count). The lowest BCUT2D eigenvalue weighted by Gasteiger charge is -2.17. The summed E-state index contributed by atoms with van der Waals surface area (Å²) in [6.07, 6.45) is 4.97. The standard InChI is InChI=1S/C21H26N2O3/c24-21(22-14-15-25-17-8-2-1-3-9-17)16-23-19-12-6-7-13-20(19)26-18-10-4-5-11-18/h1-3,6-9,12-13,18,23H,4-5,10-11,14-16H2,(H,22,24). The monoisotopic (exact) mass is 354 g/mol. The van der Waals surface area contributed by atoms with E-state index in [0.717, 1.165) is 30.0 Å². The molecule has 1 saturated carbocycles. The molecule has 1 amide bonds. The lowest BCUT2D eigenvalue weighted by molar-refractivity contribution is -0.119. The summed E-state index contributed by atoms with van der Waals surface area (Å²) < 4.78 is 11.6. The second kappa shape index (κ2) is 9.70. The van der Waals surface area contributed by atoms with E-state index in [1.54, 1.807) is 0 Å². The molecular weight excluding hydrogens is 328 g/mol. The second-order valence-electron chi connectivity index (χ2n) is 6.39. The number of carbonyl (C=O) groups is 1. The number of carbonyl (C=O) groups excluding carboxylic acids is 1. The molecule has 1 aliphatic carbocycles. The minimum absolute atomic E-state index is 0.0719. The maximum atomic E-state index is 12.0. The first-order valence-corrected chi connectivity index (χ1v) is 9.25. The van der Waals surface area contributed by atoms with Gasteiger partial charge >= 0.3 is 0 Å². The Labute approximate surface area is 154 Å². The Morgan fingerprint density at radius 1 is 1.00 bits per heavy atom. The number of para-hydroxylation sites is 3. The van der Waals surface area contributed by atoms with Crippen LogP contribution in [0.2, 0.25) is 0 Å². The number of rotatable bonds is 9. The minimum Gasteiger partial charge on any atom is -0.492 e. The van der Waals surface area contributed by atoms with E-state index in [2.05, 4.69) is 10.6 Å². The van der Waals surface area contributed by atoms with Crippen LogP contribution in [0.25, 0.3) is 0 Å². The summed E-state index contributed by atoms with van der Waals surface area (Å²) in [7, 11) is 0. The maximum absolute atomic E-state index is 12.0. The van der Waals surface area contributed by atoms with Gasteiger partial charge in [-0.3, -0.25) is 4.79 Å². The molecule has 0 aromatic heterocycles. The molecule has 5 heteroatoms. The van der Waals surface area contributed by atoms with E-state index >= 15 is 0 Å². The highest BCUT2D eigenvalue weighted by atomic mass is 16.5. The van der Waals surface area contributed by atoms with E-state index in [9.17, 15) is 4.79 Å². The molecule has 0 heterocycles. The van der Waals surface area contributed by atoms with Crippen LogP contribution >= 0.6 is 0 Å². The predicted molar refractivity (Wildman–Crippen MR) is 103 cm³/mol. The zero-order chi connectivity index (χ0) is 18.0. The van der Waals surface area contributed by atoms with Crippen molar-refractivity contribution in [2.75, 3.05) is 25.0 Å². The summed E-state index contributed by atoms with van der Waals surface area (Å²) in [6.45, 7) is 1.11. The summed E-state index contributed by atoms with van der Waals surface area (Å²) in [5, 5.41) is 6.02. The summed E-state index contributed by atoms with van der Waals surface area (Å²) in [5.74, 6) is 1.55. The van der Waals surface area contributed by atoms with Crippen molar-refractivity contribution in [3.63, 3.8) is 0 Å². The second-order valence-corrected chi connectivity index (χ2v) is 6.39. The predicted octanol–water partition coefficient (Wildman–Crippen LogP) is 3.62. The number of nitrogens with one attached hydrogen (secondary N) is 2. The van der Waals surface area contributed by atoms with Gasteiger partial charge in [0.1, 0.15) is 18.1 Å². The van der Waals surface area contributed by atoms with Gasteiger partial charge in [-0.15, -0.1) is 0 Å². The van der Waals surface area contributed by atoms with Gasteiger partial charge in [0.2, 0.25) is 5.91 Å². The van der Waals surface area contributed by atoms with Gasteiger partial charge in [0.25, 0.3) is 0 Å². The van der Waals surface area contributed by atoms with Crippen LogP contribution in [0.15, 0.2) is 54.6 Å². The fourth-order valence-electron chi connectivity index (χ4n) is 3.02. The first-order chi connectivity index (χ1) is 12.8. The minimum atomic E-state index is -0.0719. The van der Waals surface area contributed by atoms with Gasteiger partial charge in [0.15, 0.2) is 0 Å². The lowest BCUT2D eigenvalue weighted by Crippen LogP contribution is -2.33. The molecule has 5 nitrogen and oxygen atoms in total. The van der Waals surface area contributed by atoms with Crippen LogP contribution in [0, 0.1) is 0 Å². The van der Waals surface area contributed by atoms with Gasteiger partial charge in [0, 0.05) is 0 Å². The van der Waals surface area contributed by atoms with Crippen LogP contribution in [0.4, 0.5) is 5.69 Å². The zero-order valence-corrected chi connectivity index (χ0v) is 14.9. The molecule has 1 aliphatic rings. The molecule has 0 atom stereocenters. The van der Waals surface area contributed by atoms with Crippen LogP contribution < -0.4 is 20.1 Å². The van der Waals surface area contributed by atoms with E-state index in [1.807, 2.05) is 54.6 Å². The molecule has 26 heavy (non-hydrogen) atoms. The van der Waals surface area contributed by atoms with Crippen molar-refractivity contribution < 1.29 is 14.3 Å². The third-order valence-corrected chi connectivity index (χ3v) is 4.36. The molecule has 1 fully saturated rings. The highest BCUT2D eigenvalue weighted by Gasteiger charge is 2.17. The van der Waals surface area contributed by atoms with E-state index < -0.39 is 0 Å².